The van der Waals surface area contributed by atoms with Crippen LogP contribution in [0.15, 0.2) is 35.3 Å². The number of carbonyl (C=O) groups excluding carboxylic acids is 1. The van der Waals surface area contributed by atoms with Crippen molar-refractivity contribution >= 4 is 18.0 Å². The van der Waals surface area contributed by atoms with Gasteiger partial charge in [-0.05, 0) is 24.8 Å². The van der Waals surface area contributed by atoms with Crippen molar-refractivity contribution in [3.05, 3.63) is 35.9 Å². The van der Waals surface area contributed by atoms with Crippen LogP contribution in [0.5, 0.6) is 0 Å². The maximum atomic E-state index is 11.3. The molecule has 1 aromatic rings. The van der Waals surface area contributed by atoms with Gasteiger partial charge in [0.2, 0.25) is 5.84 Å². The lowest BCUT2D eigenvalue weighted by atomic mass is 9.95. The van der Waals surface area contributed by atoms with Crippen LogP contribution in [0, 0.1) is 5.41 Å². The zero-order valence-corrected chi connectivity index (χ0v) is 12.7. The average molecular weight is 290 g/mol. The number of rotatable bonds is 6. The van der Waals surface area contributed by atoms with Crippen molar-refractivity contribution in [2.45, 2.75) is 32.3 Å². The quantitative estimate of drug-likeness (QED) is 0.497. The van der Waals surface area contributed by atoms with Crippen molar-refractivity contribution in [2.75, 3.05) is 13.7 Å². The largest absolute Gasteiger partial charge is 0.460 e. The van der Waals surface area contributed by atoms with Gasteiger partial charge in [-0.2, -0.15) is 0 Å². The molecule has 0 bridgehead atoms. The summed E-state index contributed by atoms with van der Waals surface area (Å²) in [4.78, 5) is 15.1. The number of methoxy groups -OCH3 is 1. The number of benzene rings is 1. The second kappa shape index (κ2) is 9.02. The van der Waals surface area contributed by atoms with Gasteiger partial charge in [-0.25, -0.2) is 9.79 Å². The first-order valence-electron chi connectivity index (χ1n) is 6.96. The SMILES string of the molecule is CCOC(=O)C(=N)/N=C/[C@@H](C[C@H](C)c1ccccc1)OC. The third-order valence-electron chi connectivity index (χ3n) is 3.10. The number of nitrogens with one attached hydrogen (secondary N) is 1. The van der Waals surface area contributed by atoms with E-state index in [9.17, 15) is 4.79 Å². The fourth-order valence-corrected chi connectivity index (χ4v) is 1.89. The van der Waals surface area contributed by atoms with Crippen molar-refractivity contribution in [3.63, 3.8) is 0 Å². The third-order valence-corrected chi connectivity index (χ3v) is 3.10. The molecule has 0 aliphatic heterocycles. The molecular weight excluding hydrogens is 268 g/mol. The van der Waals surface area contributed by atoms with E-state index in [2.05, 4.69) is 24.0 Å². The van der Waals surface area contributed by atoms with Crippen molar-refractivity contribution in [3.8, 4) is 0 Å². The van der Waals surface area contributed by atoms with Crippen LogP contribution in [-0.4, -0.2) is 37.8 Å². The van der Waals surface area contributed by atoms with E-state index in [4.69, 9.17) is 14.9 Å². The molecule has 0 heterocycles. The van der Waals surface area contributed by atoms with Crippen LogP contribution < -0.4 is 0 Å². The molecule has 5 nitrogen and oxygen atoms in total. The van der Waals surface area contributed by atoms with Gasteiger partial charge in [0.1, 0.15) is 0 Å². The van der Waals surface area contributed by atoms with E-state index < -0.39 is 11.8 Å². The van der Waals surface area contributed by atoms with E-state index in [-0.39, 0.29) is 12.7 Å². The molecule has 0 aliphatic rings. The predicted molar refractivity (Wildman–Crippen MR) is 83.1 cm³/mol. The molecule has 0 saturated carbocycles. The fourth-order valence-electron chi connectivity index (χ4n) is 1.89. The second-order valence-corrected chi connectivity index (χ2v) is 4.67. The summed E-state index contributed by atoms with van der Waals surface area (Å²) in [5.74, 6) is -0.842. The standard InChI is InChI=1S/C16H22N2O3/c1-4-21-16(19)15(17)18-11-14(20-3)10-12(2)13-8-6-5-7-9-13/h5-9,11-12,14,17H,4,10H2,1-3H3/b17-15?,18-11+/t12-,14+/m0/s1. The Hall–Kier alpha value is -2.01. The molecule has 0 amide bonds. The van der Waals surface area contributed by atoms with Crippen LogP contribution in [-0.2, 0) is 14.3 Å². The molecule has 114 valence electrons. The highest BCUT2D eigenvalue weighted by molar-refractivity contribution is 6.35. The molecule has 0 radical (unpaired) electrons. The topological polar surface area (TPSA) is 71.7 Å². The Bertz CT molecular complexity index is 486. The van der Waals surface area contributed by atoms with Gasteiger partial charge in [-0.15, -0.1) is 0 Å². The Kier molecular flexibility index (Phi) is 7.32. The summed E-state index contributed by atoms with van der Waals surface area (Å²) in [5.41, 5.74) is 1.22. The van der Waals surface area contributed by atoms with E-state index in [1.165, 1.54) is 11.8 Å². The summed E-state index contributed by atoms with van der Waals surface area (Å²) < 4.78 is 10.0. The fraction of sp³-hybridized carbons (Fsp3) is 0.438. The molecule has 0 saturated heterocycles. The molecule has 1 rings (SSSR count). The van der Waals surface area contributed by atoms with Crippen molar-refractivity contribution < 1.29 is 14.3 Å². The summed E-state index contributed by atoms with van der Waals surface area (Å²) in [6.07, 6.45) is 1.95. The lowest BCUT2D eigenvalue weighted by Gasteiger charge is -2.16. The summed E-state index contributed by atoms with van der Waals surface area (Å²) in [6, 6.07) is 10.1. The van der Waals surface area contributed by atoms with Gasteiger partial charge >= 0.3 is 5.97 Å². The lowest BCUT2D eigenvalue weighted by molar-refractivity contribution is -0.135. The summed E-state index contributed by atoms with van der Waals surface area (Å²) in [7, 11) is 1.59. The molecule has 1 aromatic carbocycles. The number of carbonyl (C=O) groups is 1. The molecule has 5 heteroatoms. The zero-order chi connectivity index (χ0) is 15.7. The lowest BCUT2D eigenvalue weighted by Crippen LogP contribution is -2.19. The number of aliphatic imine (C=N–C) groups is 1. The van der Waals surface area contributed by atoms with Gasteiger partial charge in [-0.3, -0.25) is 5.41 Å². The summed E-state index contributed by atoms with van der Waals surface area (Å²) in [5, 5.41) is 7.48. The molecule has 0 aliphatic carbocycles. The second-order valence-electron chi connectivity index (χ2n) is 4.67. The number of amidine groups is 1. The number of nitrogens with zero attached hydrogens (tertiary/aromatic N) is 1. The molecule has 0 spiro atoms. The van der Waals surface area contributed by atoms with Gasteiger partial charge in [0.15, 0.2) is 0 Å². The molecular formula is C16H22N2O3. The van der Waals surface area contributed by atoms with Gasteiger partial charge < -0.3 is 9.47 Å². The van der Waals surface area contributed by atoms with Gasteiger partial charge in [0.25, 0.3) is 0 Å². The highest BCUT2D eigenvalue weighted by Crippen LogP contribution is 2.20. The Morgan fingerprint density at radius 2 is 2.05 bits per heavy atom. The van der Waals surface area contributed by atoms with Crippen molar-refractivity contribution in [2.24, 2.45) is 4.99 Å². The minimum absolute atomic E-state index is 0.232. The van der Waals surface area contributed by atoms with Crippen LogP contribution in [0.2, 0.25) is 0 Å². The van der Waals surface area contributed by atoms with Crippen LogP contribution in [0.25, 0.3) is 0 Å². The van der Waals surface area contributed by atoms with Gasteiger partial charge in [0, 0.05) is 13.3 Å². The van der Waals surface area contributed by atoms with E-state index in [0.717, 1.165) is 6.42 Å². The first-order valence-corrected chi connectivity index (χ1v) is 6.96. The van der Waals surface area contributed by atoms with E-state index in [1.807, 2.05) is 18.2 Å². The van der Waals surface area contributed by atoms with E-state index in [1.54, 1.807) is 14.0 Å². The zero-order valence-electron chi connectivity index (χ0n) is 12.7. The number of hydrogen-bond donors (Lipinski definition) is 1. The molecule has 0 fully saturated rings. The summed E-state index contributed by atoms with van der Waals surface area (Å²) >= 11 is 0. The first-order chi connectivity index (χ1) is 10.1. The monoisotopic (exact) mass is 290 g/mol. The number of hydrogen-bond acceptors (Lipinski definition) is 4. The molecule has 0 unspecified atom stereocenters. The van der Waals surface area contributed by atoms with Crippen LogP contribution in [0.3, 0.4) is 0 Å². The Morgan fingerprint density at radius 3 is 2.62 bits per heavy atom. The maximum absolute atomic E-state index is 11.3. The highest BCUT2D eigenvalue weighted by atomic mass is 16.5. The van der Waals surface area contributed by atoms with E-state index >= 15 is 0 Å². The predicted octanol–water partition coefficient (Wildman–Crippen LogP) is 2.81. The third kappa shape index (κ3) is 5.87. The Morgan fingerprint density at radius 1 is 1.38 bits per heavy atom. The Labute approximate surface area is 125 Å². The molecule has 21 heavy (non-hydrogen) atoms. The smallest absolute Gasteiger partial charge is 0.375 e. The Balaban J connectivity index is 2.59. The maximum Gasteiger partial charge on any atom is 0.375 e. The summed E-state index contributed by atoms with van der Waals surface area (Å²) in [6.45, 7) is 4.02. The van der Waals surface area contributed by atoms with Crippen molar-refractivity contribution in [1.82, 2.24) is 0 Å². The molecule has 2 atom stereocenters. The number of esters is 1. The minimum Gasteiger partial charge on any atom is -0.460 e. The van der Waals surface area contributed by atoms with Gasteiger partial charge in [-0.1, -0.05) is 37.3 Å². The average Bonchev–Trinajstić information content (AvgIpc) is 2.51. The van der Waals surface area contributed by atoms with Crippen LogP contribution >= 0.6 is 0 Å². The van der Waals surface area contributed by atoms with Gasteiger partial charge in [0.05, 0.1) is 12.7 Å². The minimum atomic E-state index is -0.722. The van der Waals surface area contributed by atoms with E-state index in [0.29, 0.717) is 5.92 Å². The van der Waals surface area contributed by atoms with Crippen LogP contribution in [0.1, 0.15) is 31.7 Å². The molecule has 1 N–H and O–H groups in total. The highest BCUT2D eigenvalue weighted by Gasteiger charge is 2.14. The molecule has 0 aromatic heterocycles. The normalized spacial score (nSPS) is 13.9. The number of ether oxygens (including phenoxy) is 2. The van der Waals surface area contributed by atoms with Crippen LogP contribution in [0.4, 0.5) is 0 Å². The van der Waals surface area contributed by atoms with Crippen molar-refractivity contribution in [1.29, 1.82) is 5.41 Å². The first kappa shape index (κ1) is 17.0.